The zero-order valence-electron chi connectivity index (χ0n) is 11.2. The van der Waals surface area contributed by atoms with Crippen molar-refractivity contribution in [3.63, 3.8) is 0 Å². The molecule has 0 spiro atoms. The molecule has 0 radical (unpaired) electrons. The van der Waals surface area contributed by atoms with Crippen molar-refractivity contribution in [2.24, 2.45) is 0 Å². The standard InChI is InChI=1S/C12H20N4O2S/c1-2-8-19(17,18)15-11-9-13-12(14-10-11)16-6-4-3-5-7-16/h9-10,15H,2-8H2,1H3. The molecule has 7 heteroatoms. The molecule has 106 valence electrons. The maximum absolute atomic E-state index is 11.6. The number of sulfonamides is 1. The smallest absolute Gasteiger partial charge is 0.232 e. The van der Waals surface area contributed by atoms with E-state index in [1.54, 1.807) is 0 Å². The first-order valence-electron chi connectivity index (χ1n) is 6.68. The maximum Gasteiger partial charge on any atom is 0.232 e. The van der Waals surface area contributed by atoms with Gasteiger partial charge in [-0.05, 0) is 25.7 Å². The summed E-state index contributed by atoms with van der Waals surface area (Å²) in [4.78, 5) is 10.6. The normalized spacial score (nSPS) is 16.4. The number of rotatable bonds is 5. The Labute approximate surface area is 114 Å². The summed E-state index contributed by atoms with van der Waals surface area (Å²) in [7, 11) is -3.27. The molecule has 6 nitrogen and oxygen atoms in total. The van der Waals surface area contributed by atoms with E-state index in [1.807, 2.05) is 6.92 Å². The van der Waals surface area contributed by atoms with Crippen molar-refractivity contribution in [1.29, 1.82) is 0 Å². The maximum atomic E-state index is 11.6. The Morgan fingerprint density at radius 1 is 1.21 bits per heavy atom. The van der Waals surface area contributed by atoms with Crippen molar-refractivity contribution in [3.8, 4) is 0 Å². The van der Waals surface area contributed by atoms with E-state index in [2.05, 4.69) is 19.6 Å². The Morgan fingerprint density at radius 3 is 2.42 bits per heavy atom. The third-order valence-electron chi connectivity index (χ3n) is 3.02. The van der Waals surface area contributed by atoms with Crippen LogP contribution in [0.4, 0.5) is 11.6 Å². The fourth-order valence-corrected chi connectivity index (χ4v) is 3.23. The molecular weight excluding hydrogens is 264 g/mol. The van der Waals surface area contributed by atoms with Crippen molar-refractivity contribution in [3.05, 3.63) is 12.4 Å². The molecule has 1 aliphatic rings. The van der Waals surface area contributed by atoms with E-state index in [1.165, 1.54) is 18.8 Å². The van der Waals surface area contributed by atoms with Gasteiger partial charge in [-0.25, -0.2) is 18.4 Å². The monoisotopic (exact) mass is 284 g/mol. The third kappa shape index (κ3) is 4.05. The van der Waals surface area contributed by atoms with E-state index in [0.29, 0.717) is 18.1 Å². The zero-order valence-corrected chi connectivity index (χ0v) is 12.0. The van der Waals surface area contributed by atoms with Crippen LogP contribution in [-0.2, 0) is 10.0 Å². The minimum Gasteiger partial charge on any atom is -0.341 e. The number of nitrogens with one attached hydrogen (secondary N) is 1. The topological polar surface area (TPSA) is 75.2 Å². The second-order valence-corrected chi connectivity index (χ2v) is 6.58. The average molecular weight is 284 g/mol. The number of hydrogen-bond donors (Lipinski definition) is 1. The van der Waals surface area contributed by atoms with Crippen molar-refractivity contribution in [2.45, 2.75) is 32.6 Å². The molecule has 2 rings (SSSR count). The van der Waals surface area contributed by atoms with Gasteiger partial charge >= 0.3 is 0 Å². The molecule has 0 aliphatic carbocycles. The highest BCUT2D eigenvalue weighted by Gasteiger charge is 2.14. The van der Waals surface area contributed by atoms with E-state index in [4.69, 9.17) is 0 Å². The van der Waals surface area contributed by atoms with Crippen LogP contribution in [0.15, 0.2) is 12.4 Å². The summed E-state index contributed by atoms with van der Waals surface area (Å²) in [6.45, 7) is 3.77. The van der Waals surface area contributed by atoms with E-state index in [0.717, 1.165) is 25.9 Å². The Morgan fingerprint density at radius 2 is 1.84 bits per heavy atom. The van der Waals surface area contributed by atoms with Crippen LogP contribution in [-0.4, -0.2) is 37.2 Å². The van der Waals surface area contributed by atoms with Gasteiger partial charge in [0.05, 0.1) is 23.8 Å². The summed E-state index contributed by atoms with van der Waals surface area (Å²) in [6.07, 6.45) is 7.23. The fraction of sp³-hybridized carbons (Fsp3) is 0.667. The molecule has 0 saturated carbocycles. The molecule has 1 aliphatic heterocycles. The number of hydrogen-bond acceptors (Lipinski definition) is 5. The van der Waals surface area contributed by atoms with Crippen LogP contribution in [0.3, 0.4) is 0 Å². The summed E-state index contributed by atoms with van der Waals surface area (Å²) in [5.74, 6) is 0.791. The van der Waals surface area contributed by atoms with Crippen molar-refractivity contribution in [1.82, 2.24) is 9.97 Å². The van der Waals surface area contributed by atoms with Gasteiger partial charge in [-0.1, -0.05) is 6.92 Å². The Bertz CT molecular complexity index is 495. The van der Waals surface area contributed by atoms with Crippen LogP contribution in [0.2, 0.25) is 0 Å². The summed E-state index contributed by atoms with van der Waals surface area (Å²) in [5.41, 5.74) is 0.425. The SMILES string of the molecule is CCCS(=O)(=O)Nc1cnc(N2CCCCC2)nc1. The number of nitrogens with zero attached hydrogens (tertiary/aromatic N) is 3. The average Bonchev–Trinajstić information content (AvgIpc) is 2.40. The minimum absolute atomic E-state index is 0.112. The van der Waals surface area contributed by atoms with Crippen LogP contribution in [0.1, 0.15) is 32.6 Å². The molecule has 19 heavy (non-hydrogen) atoms. The lowest BCUT2D eigenvalue weighted by atomic mass is 10.1. The minimum atomic E-state index is -3.27. The first-order chi connectivity index (χ1) is 9.11. The fourth-order valence-electron chi connectivity index (χ4n) is 2.13. The van der Waals surface area contributed by atoms with Crippen LogP contribution in [0, 0.1) is 0 Å². The van der Waals surface area contributed by atoms with Crippen molar-refractivity contribution in [2.75, 3.05) is 28.5 Å². The van der Waals surface area contributed by atoms with Gasteiger partial charge in [0.1, 0.15) is 0 Å². The number of piperidine rings is 1. The number of aromatic nitrogens is 2. The quantitative estimate of drug-likeness (QED) is 0.889. The van der Waals surface area contributed by atoms with Gasteiger partial charge in [-0.2, -0.15) is 0 Å². The van der Waals surface area contributed by atoms with Crippen LogP contribution in [0.25, 0.3) is 0 Å². The summed E-state index contributed by atoms with van der Waals surface area (Å²) in [6, 6.07) is 0. The number of anilines is 2. The predicted molar refractivity (Wildman–Crippen MR) is 75.8 cm³/mol. The molecule has 1 aromatic heterocycles. The zero-order chi connectivity index (χ0) is 13.7. The summed E-state index contributed by atoms with van der Waals surface area (Å²) < 4.78 is 25.7. The molecule has 2 heterocycles. The van der Waals surface area contributed by atoms with Gasteiger partial charge in [0.25, 0.3) is 0 Å². The van der Waals surface area contributed by atoms with E-state index < -0.39 is 10.0 Å². The van der Waals surface area contributed by atoms with Gasteiger partial charge < -0.3 is 4.90 Å². The predicted octanol–water partition coefficient (Wildman–Crippen LogP) is 1.62. The third-order valence-corrected chi connectivity index (χ3v) is 4.52. The molecular formula is C12H20N4O2S. The molecule has 1 aromatic rings. The second kappa shape index (κ2) is 6.18. The van der Waals surface area contributed by atoms with E-state index in [9.17, 15) is 8.42 Å². The Hall–Kier alpha value is -1.37. The molecule has 1 N–H and O–H groups in total. The van der Waals surface area contributed by atoms with Gasteiger partial charge in [-0.15, -0.1) is 0 Å². The van der Waals surface area contributed by atoms with Gasteiger partial charge in [0, 0.05) is 13.1 Å². The molecule has 0 atom stereocenters. The molecule has 0 unspecified atom stereocenters. The highest BCUT2D eigenvalue weighted by atomic mass is 32.2. The highest BCUT2D eigenvalue weighted by Crippen LogP contribution is 2.16. The molecule has 1 fully saturated rings. The molecule has 0 bridgehead atoms. The molecule has 0 aromatic carbocycles. The van der Waals surface area contributed by atoms with Crippen molar-refractivity contribution < 1.29 is 8.42 Å². The Balaban J connectivity index is 2.02. The summed E-state index contributed by atoms with van der Waals surface area (Å²) >= 11 is 0. The first-order valence-corrected chi connectivity index (χ1v) is 8.33. The second-order valence-electron chi connectivity index (χ2n) is 4.74. The lowest BCUT2D eigenvalue weighted by Gasteiger charge is -2.26. The lowest BCUT2D eigenvalue weighted by Crippen LogP contribution is -2.31. The Kier molecular flexibility index (Phi) is 4.57. The van der Waals surface area contributed by atoms with Gasteiger partial charge in [0.2, 0.25) is 16.0 Å². The lowest BCUT2D eigenvalue weighted by molar-refractivity contribution is 0.568. The van der Waals surface area contributed by atoms with Crippen LogP contribution < -0.4 is 9.62 Å². The van der Waals surface area contributed by atoms with Gasteiger partial charge in [-0.3, -0.25) is 4.72 Å². The molecule has 0 amide bonds. The first kappa shape index (κ1) is 14.0. The highest BCUT2D eigenvalue weighted by molar-refractivity contribution is 7.92. The summed E-state index contributed by atoms with van der Waals surface area (Å²) in [5, 5.41) is 0. The van der Waals surface area contributed by atoms with Crippen LogP contribution in [0.5, 0.6) is 0 Å². The van der Waals surface area contributed by atoms with Gasteiger partial charge in [0.15, 0.2) is 0 Å². The largest absolute Gasteiger partial charge is 0.341 e. The van der Waals surface area contributed by atoms with Crippen molar-refractivity contribution >= 4 is 21.7 Å². The van der Waals surface area contributed by atoms with E-state index in [-0.39, 0.29) is 5.75 Å². The molecule has 1 saturated heterocycles. The van der Waals surface area contributed by atoms with E-state index >= 15 is 0 Å². The van der Waals surface area contributed by atoms with Crippen LogP contribution >= 0.6 is 0 Å².